The molecular weight excluding hydrogens is 296 g/mol. The molecule has 0 spiro atoms. The number of hydrogen-bond donors (Lipinski definition) is 0. The molecule has 0 amide bonds. The molecule has 2 rings (SSSR count). The van der Waals surface area contributed by atoms with Gasteiger partial charge in [-0.2, -0.15) is 0 Å². The fourth-order valence-corrected chi connectivity index (χ4v) is 2.45. The van der Waals surface area contributed by atoms with E-state index in [2.05, 4.69) is 9.97 Å². The molecule has 0 fully saturated rings. The van der Waals surface area contributed by atoms with Crippen molar-refractivity contribution < 1.29 is 9.53 Å². The molecule has 0 N–H and O–H groups in total. The summed E-state index contributed by atoms with van der Waals surface area (Å²) in [6.45, 7) is 3.90. The van der Waals surface area contributed by atoms with E-state index in [0.29, 0.717) is 16.8 Å². The lowest BCUT2D eigenvalue weighted by molar-refractivity contribution is 0.0518. The summed E-state index contributed by atoms with van der Waals surface area (Å²) in [5.74, 6) is -0.434. The predicted octanol–water partition coefficient (Wildman–Crippen LogP) is 3.77. The number of carbonyl (C=O) groups is 1. The maximum Gasteiger partial charge on any atom is 0.357 e. The van der Waals surface area contributed by atoms with E-state index in [1.54, 1.807) is 25.1 Å². The molecule has 1 heterocycles. The van der Waals surface area contributed by atoms with Crippen molar-refractivity contribution in [3.05, 3.63) is 46.7 Å². The van der Waals surface area contributed by atoms with Gasteiger partial charge in [0.15, 0.2) is 10.9 Å². The molecule has 0 bridgehead atoms. The van der Waals surface area contributed by atoms with E-state index in [1.807, 2.05) is 19.1 Å². The van der Waals surface area contributed by atoms with Crippen molar-refractivity contribution in [1.82, 2.24) is 9.97 Å². The highest BCUT2D eigenvalue weighted by atomic mass is 35.5. The highest BCUT2D eigenvalue weighted by Gasteiger charge is 2.12. The lowest BCUT2D eigenvalue weighted by Gasteiger charge is -2.05. The zero-order valence-corrected chi connectivity index (χ0v) is 12.7. The maximum atomic E-state index is 11.7. The van der Waals surface area contributed by atoms with Crippen LogP contribution >= 0.6 is 23.4 Å². The minimum absolute atomic E-state index is 0.274. The van der Waals surface area contributed by atoms with Crippen LogP contribution in [0.5, 0.6) is 0 Å². The molecule has 6 heteroatoms. The zero-order valence-electron chi connectivity index (χ0n) is 11.1. The highest BCUT2D eigenvalue weighted by molar-refractivity contribution is 7.99. The third-order valence-corrected chi connectivity index (χ3v) is 3.47. The van der Waals surface area contributed by atoms with Crippen LogP contribution in [0.2, 0.25) is 5.02 Å². The van der Waals surface area contributed by atoms with Gasteiger partial charge in [-0.15, -0.1) is 0 Å². The molecule has 4 nitrogen and oxygen atoms in total. The Morgan fingerprint density at radius 2 is 2.00 bits per heavy atom. The number of carbonyl (C=O) groups excluding carboxylic acids is 1. The summed E-state index contributed by atoms with van der Waals surface area (Å²) in [4.78, 5) is 21.2. The summed E-state index contributed by atoms with van der Waals surface area (Å²) in [5.41, 5.74) is 0.996. The zero-order chi connectivity index (χ0) is 14.5. The van der Waals surface area contributed by atoms with E-state index in [1.165, 1.54) is 11.8 Å². The number of nitrogens with zero attached hydrogens (tertiary/aromatic N) is 2. The predicted molar refractivity (Wildman–Crippen MR) is 78.3 cm³/mol. The molecule has 0 radical (unpaired) electrons. The smallest absolute Gasteiger partial charge is 0.357 e. The number of aromatic nitrogens is 2. The average Bonchev–Trinajstić information content (AvgIpc) is 2.41. The number of aryl methyl sites for hydroxylation is 1. The first-order valence-electron chi connectivity index (χ1n) is 6.04. The largest absolute Gasteiger partial charge is 0.461 e. The van der Waals surface area contributed by atoms with E-state index < -0.39 is 5.97 Å². The second kappa shape index (κ2) is 6.72. The minimum Gasteiger partial charge on any atom is -0.461 e. The fourth-order valence-electron chi connectivity index (χ4n) is 1.50. The molecular formula is C14H13ClN2O2S. The Morgan fingerprint density at radius 1 is 1.30 bits per heavy atom. The third-order valence-electron chi connectivity index (χ3n) is 2.34. The minimum atomic E-state index is -0.434. The molecule has 104 valence electrons. The van der Waals surface area contributed by atoms with Crippen molar-refractivity contribution >= 4 is 29.3 Å². The Kier molecular flexibility index (Phi) is 4.98. The third kappa shape index (κ3) is 3.95. The van der Waals surface area contributed by atoms with Crippen LogP contribution in [0.25, 0.3) is 0 Å². The van der Waals surface area contributed by atoms with Gasteiger partial charge in [0.05, 0.1) is 6.61 Å². The van der Waals surface area contributed by atoms with Gasteiger partial charge in [0.2, 0.25) is 0 Å². The number of esters is 1. The summed E-state index contributed by atoms with van der Waals surface area (Å²) < 4.78 is 4.95. The normalized spacial score (nSPS) is 10.3. The molecule has 20 heavy (non-hydrogen) atoms. The molecule has 0 saturated heterocycles. The number of rotatable bonds is 4. The topological polar surface area (TPSA) is 52.1 Å². The van der Waals surface area contributed by atoms with Crippen molar-refractivity contribution in [3.8, 4) is 0 Å². The Labute approximate surface area is 126 Å². The lowest BCUT2D eigenvalue weighted by atomic mass is 10.3. The quantitative estimate of drug-likeness (QED) is 0.635. The second-order valence-electron chi connectivity index (χ2n) is 3.95. The van der Waals surface area contributed by atoms with E-state index in [-0.39, 0.29) is 5.69 Å². The summed E-state index contributed by atoms with van der Waals surface area (Å²) in [6, 6.07) is 8.97. The summed E-state index contributed by atoms with van der Waals surface area (Å²) >= 11 is 7.21. The molecule has 0 saturated carbocycles. The average molecular weight is 309 g/mol. The Hall–Kier alpha value is -1.59. The van der Waals surface area contributed by atoms with Gasteiger partial charge in [-0.25, -0.2) is 14.8 Å². The number of ether oxygens (including phenoxy) is 1. The summed E-state index contributed by atoms with van der Waals surface area (Å²) in [6.07, 6.45) is 0. The standard InChI is InChI=1S/C14H13ClN2O2S/c1-3-19-13(18)12-8-9(2)16-14(17-12)20-11-6-4-10(15)5-7-11/h4-8H,3H2,1-2H3. The highest BCUT2D eigenvalue weighted by Crippen LogP contribution is 2.26. The Morgan fingerprint density at radius 3 is 2.65 bits per heavy atom. The van der Waals surface area contributed by atoms with E-state index in [4.69, 9.17) is 16.3 Å². The van der Waals surface area contributed by atoms with Crippen LogP contribution < -0.4 is 0 Å². The monoisotopic (exact) mass is 308 g/mol. The second-order valence-corrected chi connectivity index (χ2v) is 5.43. The Balaban J connectivity index is 2.23. The number of benzene rings is 1. The summed E-state index contributed by atoms with van der Waals surface area (Å²) in [7, 11) is 0. The van der Waals surface area contributed by atoms with Crippen molar-refractivity contribution in [3.63, 3.8) is 0 Å². The van der Waals surface area contributed by atoms with Crippen molar-refractivity contribution in [2.24, 2.45) is 0 Å². The van der Waals surface area contributed by atoms with Crippen LogP contribution in [0.4, 0.5) is 0 Å². The van der Waals surface area contributed by atoms with Gasteiger partial charge in [0.1, 0.15) is 0 Å². The lowest BCUT2D eigenvalue weighted by Crippen LogP contribution is -2.09. The van der Waals surface area contributed by atoms with Crippen molar-refractivity contribution in [1.29, 1.82) is 0 Å². The SMILES string of the molecule is CCOC(=O)c1cc(C)nc(Sc2ccc(Cl)cc2)n1. The first kappa shape index (κ1) is 14.8. The van der Waals surface area contributed by atoms with Gasteiger partial charge in [-0.3, -0.25) is 0 Å². The molecule has 0 aliphatic heterocycles. The van der Waals surface area contributed by atoms with Crippen LogP contribution in [-0.2, 0) is 4.74 Å². The fraction of sp³-hybridized carbons (Fsp3) is 0.214. The van der Waals surface area contributed by atoms with Gasteiger partial charge in [-0.05, 0) is 55.9 Å². The first-order chi connectivity index (χ1) is 9.58. The molecule has 0 unspecified atom stereocenters. The molecule has 0 aliphatic carbocycles. The molecule has 2 aromatic rings. The molecule has 1 aromatic heterocycles. The first-order valence-corrected chi connectivity index (χ1v) is 7.24. The van der Waals surface area contributed by atoms with E-state index in [0.717, 1.165) is 10.6 Å². The van der Waals surface area contributed by atoms with Gasteiger partial charge >= 0.3 is 5.97 Å². The number of halogens is 1. The molecule has 0 atom stereocenters. The molecule has 0 aliphatic rings. The Bertz CT molecular complexity index is 617. The number of hydrogen-bond acceptors (Lipinski definition) is 5. The van der Waals surface area contributed by atoms with Crippen LogP contribution in [-0.4, -0.2) is 22.5 Å². The maximum absolute atomic E-state index is 11.7. The van der Waals surface area contributed by atoms with Crippen LogP contribution in [0.15, 0.2) is 40.4 Å². The van der Waals surface area contributed by atoms with E-state index >= 15 is 0 Å². The van der Waals surface area contributed by atoms with E-state index in [9.17, 15) is 4.79 Å². The van der Waals surface area contributed by atoms with Gasteiger partial charge in [0, 0.05) is 15.6 Å². The van der Waals surface area contributed by atoms with Crippen LogP contribution in [0.3, 0.4) is 0 Å². The van der Waals surface area contributed by atoms with Crippen molar-refractivity contribution in [2.45, 2.75) is 23.9 Å². The summed E-state index contributed by atoms with van der Waals surface area (Å²) in [5, 5.41) is 1.18. The van der Waals surface area contributed by atoms with Crippen LogP contribution in [0, 0.1) is 6.92 Å². The van der Waals surface area contributed by atoms with Gasteiger partial charge < -0.3 is 4.74 Å². The molecule has 1 aromatic carbocycles. The van der Waals surface area contributed by atoms with Gasteiger partial charge in [0.25, 0.3) is 0 Å². The van der Waals surface area contributed by atoms with Gasteiger partial charge in [-0.1, -0.05) is 11.6 Å². The van der Waals surface area contributed by atoms with Crippen molar-refractivity contribution in [2.75, 3.05) is 6.61 Å². The van der Waals surface area contributed by atoms with Crippen LogP contribution in [0.1, 0.15) is 23.1 Å².